The van der Waals surface area contributed by atoms with Crippen LogP contribution in [0.15, 0.2) is 36.7 Å². The Hall–Kier alpha value is -3.00. The van der Waals surface area contributed by atoms with E-state index < -0.39 is 0 Å². The Morgan fingerprint density at radius 3 is 2.88 bits per heavy atom. The maximum absolute atomic E-state index is 13.0. The number of aryl methyl sites for hydroxylation is 2. The topological polar surface area (TPSA) is 79.2 Å². The summed E-state index contributed by atoms with van der Waals surface area (Å²) in [5, 5.41) is 3.17. The number of aromatic nitrogens is 4. The van der Waals surface area contributed by atoms with Gasteiger partial charge in [0, 0.05) is 45.7 Å². The van der Waals surface area contributed by atoms with Crippen molar-refractivity contribution in [2.75, 3.05) is 38.1 Å². The lowest BCUT2D eigenvalue weighted by Crippen LogP contribution is -2.44. The first-order valence-corrected chi connectivity index (χ1v) is 12.6. The predicted octanol–water partition coefficient (Wildman–Crippen LogP) is 3.02. The molecule has 1 atom stereocenters. The molecule has 1 saturated heterocycles. The molecule has 2 aliphatic rings. The van der Waals surface area contributed by atoms with Crippen molar-refractivity contribution >= 4 is 22.9 Å². The fraction of sp³-hybridized carbons (Fsp3) is 0.538. The first-order valence-electron chi connectivity index (χ1n) is 12.6. The minimum Gasteiger partial charge on any atom is -0.355 e. The molecule has 0 unspecified atom stereocenters. The summed E-state index contributed by atoms with van der Waals surface area (Å²) in [5.41, 5.74) is 3.12. The molecule has 0 bridgehead atoms. The summed E-state index contributed by atoms with van der Waals surface area (Å²) in [5.74, 6) is 2.12. The van der Waals surface area contributed by atoms with E-state index in [1.165, 1.54) is 24.8 Å². The van der Waals surface area contributed by atoms with Gasteiger partial charge in [-0.1, -0.05) is 36.8 Å². The van der Waals surface area contributed by atoms with Crippen LogP contribution in [-0.2, 0) is 24.3 Å². The normalized spacial score (nSPS) is 18.6. The van der Waals surface area contributed by atoms with Crippen molar-refractivity contribution in [1.82, 2.24) is 29.7 Å². The second-order valence-electron chi connectivity index (χ2n) is 9.66. The maximum atomic E-state index is 13.0. The van der Waals surface area contributed by atoms with Crippen molar-refractivity contribution < 1.29 is 4.79 Å². The fourth-order valence-electron chi connectivity index (χ4n) is 5.23. The molecule has 1 N–H and O–H groups in total. The second-order valence-corrected chi connectivity index (χ2v) is 9.66. The van der Waals surface area contributed by atoms with Crippen LogP contribution in [0.5, 0.6) is 0 Å². The Kier molecular flexibility index (Phi) is 7.04. The summed E-state index contributed by atoms with van der Waals surface area (Å²) in [4.78, 5) is 31.6. The number of carbonyl (C=O) groups excluding carboxylic acids is 1. The van der Waals surface area contributed by atoms with Gasteiger partial charge in [0.25, 0.3) is 0 Å². The van der Waals surface area contributed by atoms with E-state index in [1.807, 2.05) is 6.07 Å². The van der Waals surface area contributed by atoms with Crippen molar-refractivity contribution in [3.05, 3.63) is 48.0 Å². The zero-order valence-corrected chi connectivity index (χ0v) is 20.1. The number of benzene rings is 1. The van der Waals surface area contributed by atoms with Crippen LogP contribution in [0.25, 0.3) is 11.2 Å². The van der Waals surface area contributed by atoms with Crippen LogP contribution in [-0.4, -0.2) is 63.6 Å². The van der Waals surface area contributed by atoms with Gasteiger partial charge in [-0.2, -0.15) is 0 Å². The molecule has 2 aromatic heterocycles. The Balaban J connectivity index is 1.19. The number of anilines is 1. The lowest BCUT2D eigenvalue weighted by Gasteiger charge is -2.33. The van der Waals surface area contributed by atoms with Gasteiger partial charge in [-0.15, -0.1) is 0 Å². The van der Waals surface area contributed by atoms with E-state index in [-0.39, 0.29) is 11.8 Å². The lowest BCUT2D eigenvalue weighted by atomic mass is 9.97. The fourth-order valence-corrected chi connectivity index (χ4v) is 5.23. The first-order chi connectivity index (χ1) is 16.7. The monoisotopic (exact) mass is 461 g/mol. The number of imidazole rings is 1. The van der Waals surface area contributed by atoms with Crippen molar-refractivity contribution in [3.63, 3.8) is 0 Å². The molecule has 3 aromatic rings. The van der Waals surface area contributed by atoms with Crippen LogP contribution in [0.3, 0.4) is 0 Å². The minimum atomic E-state index is -0.0290. The van der Waals surface area contributed by atoms with Gasteiger partial charge in [-0.25, -0.2) is 15.0 Å². The second kappa shape index (κ2) is 10.5. The van der Waals surface area contributed by atoms with Gasteiger partial charge < -0.3 is 19.7 Å². The first kappa shape index (κ1) is 22.8. The molecular formula is C26H35N7O. The third kappa shape index (κ3) is 5.06. The summed E-state index contributed by atoms with van der Waals surface area (Å²) in [6.45, 7) is 4.92. The minimum absolute atomic E-state index is 0.0290. The molecule has 0 spiro atoms. The van der Waals surface area contributed by atoms with Crippen molar-refractivity contribution in [1.29, 1.82) is 0 Å². The van der Waals surface area contributed by atoms with E-state index in [4.69, 9.17) is 4.98 Å². The summed E-state index contributed by atoms with van der Waals surface area (Å²) in [7, 11) is 2.09. The Morgan fingerprint density at radius 2 is 2.00 bits per heavy atom. The lowest BCUT2D eigenvalue weighted by molar-refractivity contribution is -0.125. The van der Waals surface area contributed by atoms with Gasteiger partial charge in [0.2, 0.25) is 5.91 Å². The number of nitrogens with zero attached hydrogens (tertiary/aromatic N) is 6. The molecule has 8 nitrogen and oxygen atoms in total. The van der Waals surface area contributed by atoms with Crippen LogP contribution in [0.1, 0.15) is 43.5 Å². The molecule has 5 rings (SSSR count). The molecule has 2 aliphatic heterocycles. The van der Waals surface area contributed by atoms with Gasteiger partial charge in [0.1, 0.15) is 12.2 Å². The molecule has 4 heterocycles. The molecule has 1 amide bonds. The molecular weight excluding hydrogens is 426 g/mol. The molecule has 1 fully saturated rings. The van der Waals surface area contributed by atoms with E-state index in [0.29, 0.717) is 13.1 Å². The highest BCUT2D eigenvalue weighted by atomic mass is 16.1. The van der Waals surface area contributed by atoms with Gasteiger partial charge in [-0.05, 0) is 38.3 Å². The third-order valence-electron chi connectivity index (χ3n) is 7.05. The van der Waals surface area contributed by atoms with Crippen molar-refractivity contribution in [2.24, 2.45) is 5.92 Å². The van der Waals surface area contributed by atoms with Crippen LogP contribution >= 0.6 is 0 Å². The van der Waals surface area contributed by atoms with Crippen LogP contribution < -0.4 is 10.2 Å². The smallest absolute Gasteiger partial charge is 0.224 e. The Labute approximate surface area is 201 Å². The number of amides is 1. The van der Waals surface area contributed by atoms with E-state index in [2.05, 4.69) is 61.0 Å². The number of likely N-dealkylation sites (N-methyl/N-ethyl adjacent to an activating group) is 1. The number of hydrogen-bond acceptors (Lipinski definition) is 6. The van der Waals surface area contributed by atoms with Crippen molar-refractivity contribution in [3.8, 4) is 0 Å². The number of carbonyl (C=O) groups is 1. The van der Waals surface area contributed by atoms with Gasteiger partial charge in [0.05, 0.1) is 5.92 Å². The van der Waals surface area contributed by atoms with Crippen LogP contribution in [0.2, 0.25) is 0 Å². The van der Waals surface area contributed by atoms with E-state index in [0.717, 1.165) is 68.2 Å². The Bertz CT molecular complexity index is 1110. The maximum Gasteiger partial charge on any atom is 0.224 e. The summed E-state index contributed by atoms with van der Waals surface area (Å²) >= 11 is 0. The summed E-state index contributed by atoms with van der Waals surface area (Å²) in [6, 6.07) is 10.4. The molecule has 0 saturated carbocycles. The number of rotatable bonds is 7. The highest BCUT2D eigenvalue weighted by molar-refractivity contribution is 5.85. The predicted molar refractivity (Wildman–Crippen MR) is 134 cm³/mol. The zero-order valence-electron chi connectivity index (χ0n) is 20.1. The number of nitrogens with one attached hydrogen (secondary N) is 1. The number of fused-ring (bicyclic) bond motifs is 3. The summed E-state index contributed by atoms with van der Waals surface area (Å²) in [6.07, 6.45) is 8.14. The van der Waals surface area contributed by atoms with E-state index in [9.17, 15) is 4.79 Å². The zero-order chi connectivity index (χ0) is 23.3. The van der Waals surface area contributed by atoms with Crippen molar-refractivity contribution in [2.45, 2.75) is 51.6 Å². The van der Waals surface area contributed by atoms with Crippen LogP contribution in [0.4, 0.5) is 5.82 Å². The average Bonchev–Trinajstić information content (AvgIpc) is 3.05. The molecule has 8 heteroatoms. The highest BCUT2D eigenvalue weighted by Crippen LogP contribution is 2.29. The van der Waals surface area contributed by atoms with Crippen LogP contribution in [0, 0.1) is 5.92 Å². The largest absolute Gasteiger partial charge is 0.355 e. The van der Waals surface area contributed by atoms with Gasteiger partial charge >= 0.3 is 0 Å². The molecule has 1 aromatic carbocycles. The van der Waals surface area contributed by atoms with Gasteiger partial charge in [0.15, 0.2) is 17.0 Å². The molecule has 180 valence electrons. The standard InChI is InChI=1S/C26H35N7O/c1-31(17-20-9-4-2-5-10-20)16-13-27-26(34)21-11-8-14-32(18-21)24-23-25(29-19-28-24)33-15-7-3-6-12-22(33)30-23/h2,4-5,9-10,19,21H,3,6-8,11-18H2,1H3,(H,27,34)/t21-/m1/s1. The quantitative estimate of drug-likeness (QED) is 0.583. The Morgan fingerprint density at radius 1 is 1.12 bits per heavy atom. The molecule has 34 heavy (non-hydrogen) atoms. The highest BCUT2D eigenvalue weighted by Gasteiger charge is 2.29. The third-order valence-corrected chi connectivity index (χ3v) is 7.05. The molecule has 0 radical (unpaired) electrons. The SMILES string of the molecule is CN(CCNC(=O)[C@@H]1CCCN(c2ncnc3c2nc2n3CCCCC2)C1)Cc1ccccc1. The van der Waals surface area contributed by atoms with Gasteiger partial charge in [-0.3, -0.25) is 4.79 Å². The number of piperidine rings is 1. The molecule has 0 aliphatic carbocycles. The van der Waals surface area contributed by atoms with E-state index >= 15 is 0 Å². The number of hydrogen-bond donors (Lipinski definition) is 1. The van der Waals surface area contributed by atoms with E-state index in [1.54, 1.807) is 6.33 Å². The average molecular weight is 462 g/mol. The summed E-state index contributed by atoms with van der Waals surface area (Å²) < 4.78 is 2.27.